The lowest BCUT2D eigenvalue weighted by Crippen LogP contribution is -2.54. The standard InChI is InChI=1S/C17H30N4O7S/c1-9(2)6-12(17(27)28)21-16(26)11(4-5-29-3)20-13(22)8-19-15(25)10(18)7-14(23)24/h9-12H,4-8,18H2,1-3H3,(H,19,25)(H,20,22)(H,21,26)(H,23,24)(H,27,28). The molecule has 0 aromatic rings. The number of aliphatic carboxylic acids is 2. The molecule has 12 heteroatoms. The van der Waals surface area contributed by atoms with Gasteiger partial charge >= 0.3 is 11.9 Å². The highest BCUT2D eigenvalue weighted by Crippen LogP contribution is 2.07. The fourth-order valence-electron chi connectivity index (χ4n) is 2.29. The quantitative estimate of drug-likeness (QED) is 0.194. The molecule has 0 radical (unpaired) electrons. The van der Waals surface area contributed by atoms with E-state index >= 15 is 0 Å². The predicted molar refractivity (Wildman–Crippen MR) is 107 cm³/mol. The van der Waals surface area contributed by atoms with Gasteiger partial charge in [-0.25, -0.2) is 4.79 Å². The maximum atomic E-state index is 12.5. The summed E-state index contributed by atoms with van der Waals surface area (Å²) in [5.74, 6) is -3.96. The van der Waals surface area contributed by atoms with E-state index in [1.807, 2.05) is 20.1 Å². The van der Waals surface area contributed by atoms with E-state index in [0.29, 0.717) is 5.75 Å². The van der Waals surface area contributed by atoms with Crippen molar-refractivity contribution in [2.24, 2.45) is 11.7 Å². The van der Waals surface area contributed by atoms with Gasteiger partial charge in [0.15, 0.2) is 0 Å². The Bertz CT molecular complexity index is 600. The smallest absolute Gasteiger partial charge is 0.326 e. The highest BCUT2D eigenvalue weighted by atomic mass is 32.2. The second-order valence-electron chi connectivity index (χ2n) is 6.85. The van der Waals surface area contributed by atoms with Crippen molar-refractivity contribution in [1.82, 2.24) is 16.0 Å². The van der Waals surface area contributed by atoms with Crippen LogP contribution < -0.4 is 21.7 Å². The average Bonchev–Trinajstić information content (AvgIpc) is 2.61. The van der Waals surface area contributed by atoms with Gasteiger partial charge in [0.25, 0.3) is 0 Å². The molecule has 29 heavy (non-hydrogen) atoms. The van der Waals surface area contributed by atoms with Gasteiger partial charge in [0.2, 0.25) is 17.7 Å². The largest absolute Gasteiger partial charge is 0.481 e. The second-order valence-corrected chi connectivity index (χ2v) is 7.84. The minimum absolute atomic E-state index is 0.0425. The third-order valence-corrected chi connectivity index (χ3v) is 4.38. The molecule has 11 nitrogen and oxygen atoms in total. The zero-order valence-corrected chi connectivity index (χ0v) is 17.6. The molecule has 0 aliphatic heterocycles. The summed E-state index contributed by atoms with van der Waals surface area (Å²) in [6.45, 7) is 3.16. The van der Waals surface area contributed by atoms with Crippen LogP contribution in [0, 0.1) is 5.92 Å². The number of rotatable bonds is 14. The number of thioether (sulfide) groups is 1. The number of hydrogen-bond donors (Lipinski definition) is 6. The van der Waals surface area contributed by atoms with Gasteiger partial charge in [-0.15, -0.1) is 0 Å². The van der Waals surface area contributed by atoms with Crippen molar-refractivity contribution in [1.29, 1.82) is 0 Å². The Balaban J connectivity index is 4.85. The van der Waals surface area contributed by atoms with E-state index in [-0.39, 0.29) is 18.8 Å². The van der Waals surface area contributed by atoms with E-state index in [1.165, 1.54) is 11.8 Å². The van der Waals surface area contributed by atoms with Gasteiger partial charge in [-0.2, -0.15) is 11.8 Å². The average molecular weight is 435 g/mol. The van der Waals surface area contributed by atoms with Crippen molar-refractivity contribution >= 4 is 41.4 Å². The summed E-state index contributed by atoms with van der Waals surface area (Å²) >= 11 is 1.45. The van der Waals surface area contributed by atoms with Crippen molar-refractivity contribution in [3.8, 4) is 0 Å². The number of carbonyl (C=O) groups excluding carboxylic acids is 3. The Hall–Kier alpha value is -2.34. The van der Waals surface area contributed by atoms with Crippen LogP contribution in [0.25, 0.3) is 0 Å². The molecule has 166 valence electrons. The van der Waals surface area contributed by atoms with Crippen LogP contribution in [0.1, 0.15) is 33.1 Å². The molecule has 0 saturated carbocycles. The maximum Gasteiger partial charge on any atom is 0.326 e. The van der Waals surface area contributed by atoms with Crippen molar-refractivity contribution in [3.05, 3.63) is 0 Å². The lowest BCUT2D eigenvalue weighted by atomic mass is 10.0. The van der Waals surface area contributed by atoms with E-state index < -0.39 is 60.8 Å². The molecule has 3 amide bonds. The molecule has 0 saturated heterocycles. The molecule has 0 aliphatic rings. The minimum atomic E-state index is -1.30. The van der Waals surface area contributed by atoms with Crippen LogP contribution in [-0.4, -0.2) is 76.6 Å². The summed E-state index contributed by atoms with van der Waals surface area (Å²) in [5.41, 5.74) is 5.40. The molecule has 0 bridgehead atoms. The number of carboxylic acids is 2. The number of amides is 3. The van der Waals surface area contributed by atoms with E-state index in [9.17, 15) is 29.1 Å². The molecule has 0 rings (SSSR count). The van der Waals surface area contributed by atoms with Crippen LogP contribution in [0.5, 0.6) is 0 Å². The molecule has 0 aromatic heterocycles. The first-order valence-corrected chi connectivity index (χ1v) is 10.4. The molecule has 3 unspecified atom stereocenters. The first kappa shape index (κ1) is 26.7. The van der Waals surface area contributed by atoms with E-state index in [1.54, 1.807) is 0 Å². The van der Waals surface area contributed by atoms with Gasteiger partial charge in [-0.1, -0.05) is 13.8 Å². The third-order valence-electron chi connectivity index (χ3n) is 3.74. The van der Waals surface area contributed by atoms with Crippen molar-refractivity contribution in [3.63, 3.8) is 0 Å². The Kier molecular flexibility index (Phi) is 12.7. The first-order valence-electron chi connectivity index (χ1n) is 9.04. The van der Waals surface area contributed by atoms with Gasteiger partial charge in [0.05, 0.1) is 19.0 Å². The Morgan fingerprint density at radius 1 is 1.00 bits per heavy atom. The Morgan fingerprint density at radius 3 is 2.10 bits per heavy atom. The highest BCUT2D eigenvalue weighted by Gasteiger charge is 2.27. The number of nitrogens with two attached hydrogens (primary N) is 1. The Morgan fingerprint density at radius 2 is 1.62 bits per heavy atom. The van der Waals surface area contributed by atoms with Crippen molar-refractivity contribution < 1.29 is 34.2 Å². The summed E-state index contributed by atoms with van der Waals surface area (Å²) in [7, 11) is 0. The van der Waals surface area contributed by atoms with E-state index in [0.717, 1.165) is 0 Å². The van der Waals surface area contributed by atoms with Gasteiger partial charge in [-0.3, -0.25) is 19.2 Å². The normalized spacial score (nSPS) is 13.8. The summed E-state index contributed by atoms with van der Waals surface area (Å²) < 4.78 is 0. The zero-order chi connectivity index (χ0) is 22.6. The molecule has 0 spiro atoms. The van der Waals surface area contributed by atoms with Crippen LogP contribution in [0.3, 0.4) is 0 Å². The van der Waals surface area contributed by atoms with Crippen molar-refractivity contribution in [2.45, 2.75) is 51.2 Å². The zero-order valence-electron chi connectivity index (χ0n) is 16.8. The fourth-order valence-corrected chi connectivity index (χ4v) is 2.77. The molecule has 0 aliphatic carbocycles. The van der Waals surface area contributed by atoms with Crippen LogP contribution in [0.15, 0.2) is 0 Å². The number of nitrogens with one attached hydrogen (secondary N) is 3. The molecular weight excluding hydrogens is 404 g/mol. The minimum Gasteiger partial charge on any atom is -0.481 e. The maximum absolute atomic E-state index is 12.5. The number of carboxylic acid groups (broad SMARTS) is 2. The van der Waals surface area contributed by atoms with Gasteiger partial charge in [0.1, 0.15) is 12.1 Å². The summed E-state index contributed by atoms with van der Waals surface area (Å²) in [5, 5.41) is 25.0. The highest BCUT2D eigenvalue weighted by molar-refractivity contribution is 7.98. The summed E-state index contributed by atoms with van der Waals surface area (Å²) in [6, 6.07) is -3.36. The van der Waals surface area contributed by atoms with Crippen LogP contribution >= 0.6 is 11.8 Å². The van der Waals surface area contributed by atoms with E-state index in [4.69, 9.17) is 10.8 Å². The summed E-state index contributed by atoms with van der Waals surface area (Å²) in [4.78, 5) is 58.1. The monoisotopic (exact) mass is 434 g/mol. The van der Waals surface area contributed by atoms with Crippen LogP contribution in [0.2, 0.25) is 0 Å². The molecule has 7 N–H and O–H groups in total. The number of hydrogen-bond acceptors (Lipinski definition) is 7. The number of carbonyl (C=O) groups is 5. The Labute approximate surface area is 173 Å². The van der Waals surface area contributed by atoms with Crippen LogP contribution in [-0.2, 0) is 24.0 Å². The molecule has 0 heterocycles. The molecule has 0 fully saturated rings. The van der Waals surface area contributed by atoms with Gasteiger partial charge < -0.3 is 31.9 Å². The SMILES string of the molecule is CSCCC(NC(=O)CNC(=O)C(N)CC(=O)O)C(=O)NC(CC(C)C)C(=O)O. The molecule has 3 atom stereocenters. The van der Waals surface area contributed by atoms with Gasteiger partial charge in [-0.05, 0) is 30.8 Å². The molecular formula is C17H30N4O7S. The van der Waals surface area contributed by atoms with Gasteiger partial charge in [0, 0.05) is 0 Å². The first-order chi connectivity index (χ1) is 13.5. The summed E-state index contributed by atoms with van der Waals surface area (Å²) in [6.07, 6.45) is 1.74. The van der Waals surface area contributed by atoms with Crippen molar-refractivity contribution in [2.75, 3.05) is 18.6 Å². The topological polar surface area (TPSA) is 188 Å². The fraction of sp³-hybridized carbons (Fsp3) is 0.706. The lowest BCUT2D eigenvalue weighted by molar-refractivity contribution is -0.142. The van der Waals surface area contributed by atoms with E-state index in [2.05, 4.69) is 16.0 Å². The second kappa shape index (κ2) is 13.8. The lowest BCUT2D eigenvalue weighted by Gasteiger charge is -2.22. The molecule has 0 aromatic carbocycles. The third kappa shape index (κ3) is 12.0. The van der Waals surface area contributed by atoms with Crippen LogP contribution in [0.4, 0.5) is 0 Å². The predicted octanol–water partition coefficient (Wildman–Crippen LogP) is -1.24.